The molecule has 0 saturated carbocycles. The number of benzene rings is 2. The minimum Gasteiger partial charge on any atom is -0.465 e. The van der Waals surface area contributed by atoms with Crippen molar-refractivity contribution in [2.24, 2.45) is 5.73 Å². The number of nitrogens with zero attached hydrogens (tertiary/aromatic N) is 1. The van der Waals surface area contributed by atoms with E-state index < -0.39 is 23.2 Å². The first-order valence-electron chi connectivity index (χ1n) is 7.68. The van der Waals surface area contributed by atoms with Crippen molar-refractivity contribution in [1.29, 1.82) is 5.26 Å². The number of hydrogen-bond donors (Lipinski definition) is 2. The lowest BCUT2D eigenvalue weighted by molar-refractivity contribution is -0.121. The number of carbonyl (C=O) groups excluding carboxylic acids is 2. The van der Waals surface area contributed by atoms with Gasteiger partial charge in [0, 0.05) is 16.8 Å². The minimum absolute atomic E-state index is 0.0377. The van der Waals surface area contributed by atoms with Gasteiger partial charge in [-0.3, -0.25) is 9.59 Å². The minimum atomic E-state index is -1.57. The third kappa shape index (κ3) is 1.83. The molecule has 0 aromatic heterocycles. The van der Waals surface area contributed by atoms with E-state index in [2.05, 4.69) is 5.32 Å². The summed E-state index contributed by atoms with van der Waals surface area (Å²) in [7, 11) is 0. The van der Waals surface area contributed by atoms with Gasteiger partial charge in [-0.2, -0.15) is 5.26 Å². The fourth-order valence-corrected chi connectivity index (χ4v) is 3.53. The van der Waals surface area contributed by atoms with Crippen molar-refractivity contribution >= 4 is 17.4 Å². The summed E-state index contributed by atoms with van der Waals surface area (Å²) in [6, 6.07) is 17.4. The van der Waals surface area contributed by atoms with Gasteiger partial charge >= 0.3 is 0 Å². The summed E-state index contributed by atoms with van der Waals surface area (Å²) in [6.07, 6.45) is -1.23. The lowest BCUT2D eigenvalue weighted by Gasteiger charge is -2.27. The second-order valence-corrected chi connectivity index (χ2v) is 5.89. The smallest absolute Gasteiger partial charge is 0.244 e. The number of hydrogen-bond acceptors (Lipinski definition) is 5. The molecule has 1 amide bonds. The molecule has 3 N–H and O–H groups in total. The predicted octanol–water partition coefficient (Wildman–Crippen LogP) is 1.85. The van der Waals surface area contributed by atoms with E-state index >= 15 is 0 Å². The average Bonchev–Trinajstić information content (AvgIpc) is 3.10. The highest BCUT2D eigenvalue weighted by Crippen LogP contribution is 2.51. The molecule has 2 atom stereocenters. The van der Waals surface area contributed by atoms with Crippen molar-refractivity contribution in [2.75, 3.05) is 5.32 Å². The van der Waals surface area contributed by atoms with Crippen LogP contribution in [0.15, 0.2) is 66.1 Å². The number of anilines is 1. The molecule has 2 heterocycles. The number of fused-ring (bicyclic) bond motifs is 2. The van der Waals surface area contributed by atoms with Crippen LogP contribution in [-0.4, -0.2) is 17.8 Å². The summed E-state index contributed by atoms with van der Waals surface area (Å²) in [5, 5.41) is 12.4. The van der Waals surface area contributed by atoms with E-state index in [9.17, 15) is 14.9 Å². The quantitative estimate of drug-likeness (QED) is 0.817. The summed E-state index contributed by atoms with van der Waals surface area (Å²) in [5.41, 5.74) is 5.72. The van der Waals surface area contributed by atoms with Crippen LogP contribution in [0, 0.1) is 11.3 Å². The lowest BCUT2D eigenvalue weighted by atomic mass is 9.70. The maximum atomic E-state index is 13.1. The van der Waals surface area contributed by atoms with Crippen LogP contribution in [-0.2, 0) is 14.9 Å². The second kappa shape index (κ2) is 5.21. The van der Waals surface area contributed by atoms with Crippen LogP contribution in [0.25, 0.3) is 0 Å². The molecule has 122 valence electrons. The molecule has 0 unspecified atom stereocenters. The van der Waals surface area contributed by atoms with E-state index in [4.69, 9.17) is 10.5 Å². The Kier molecular flexibility index (Phi) is 3.12. The predicted molar refractivity (Wildman–Crippen MR) is 89.2 cm³/mol. The molecule has 0 radical (unpaired) electrons. The van der Waals surface area contributed by atoms with Crippen molar-refractivity contribution in [3.8, 4) is 6.07 Å². The highest BCUT2D eigenvalue weighted by molar-refractivity contribution is 6.16. The first-order chi connectivity index (χ1) is 12.1. The fourth-order valence-electron chi connectivity index (χ4n) is 3.53. The van der Waals surface area contributed by atoms with Gasteiger partial charge in [-0.05, 0) is 6.07 Å². The number of carbonyl (C=O) groups is 2. The van der Waals surface area contributed by atoms with Crippen molar-refractivity contribution < 1.29 is 14.3 Å². The number of nitrogens with two attached hydrogens (primary N) is 1. The highest BCUT2D eigenvalue weighted by atomic mass is 16.5. The van der Waals surface area contributed by atoms with Gasteiger partial charge in [0.1, 0.15) is 11.6 Å². The van der Waals surface area contributed by atoms with Gasteiger partial charge in [0.05, 0.1) is 0 Å². The van der Waals surface area contributed by atoms with Crippen LogP contribution in [0.1, 0.15) is 15.9 Å². The summed E-state index contributed by atoms with van der Waals surface area (Å²) in [5.74, 6) is -1.08. The monoisotopic (exact) mass is 331 g/mol. The van der Waals surface area contributed by atoms with Crippen molar-refractivity contribution in [3.05, 3.63) is 77.2 Å². The average molecular weight is 331 g/mol. The summed E-state index contributed by atoms with van der Waals surface area (Å²) >= 11 is 0. The van der Waals surface area contributed by atoms with E-state index in [1.807, 2.05) is 6.07 Å². The highest BCUT2D eigenvalue weighted by Gasteiger charge is 2.64. The van der Waals surface area contributed by atoms with Crippen molar-refractivity contribution in [3.63, 3.8) is 0 Å². The Morgan fingerprint density at radius 3 is 2.56 bits per heavy atom. The summed E-state index contributed by atoms with van der Waals surface area (Å²) in [4.78, 5) is 26.0. The normalized spacial score (nSPS) is 23.8. The van der Waals surface area contributed by atoms with Crippen LogP contribution in [0.4, 0.5) is 5.69 Å². The zero-order valence-electron chi connectivity index (χ0n) is 13.0. The van der Waals surface area contributed by atoms with Gasteiger partial charge in [-0.25, -0.2) is 0 Å². The Balaban J connectivity index is 1.95. The van der Waals surface area contributed by atoms with E-state index in [1.165, 1.54) is 0 Å². The Labute approximate surface area is 143 Å². The molecule has 2 aliphatic rings. The van der Waals surface area contributed by atoms with Crippen molar-refractivity contribution in [2.45, 2.75) is 11.5 Å². The molecule has 0 saturated heterocycles. The number of para-hydroxylation sites is 1. The molecule has 1 spiro atoms. The van der Waals surface area contributed by atoms with E-state index in [1.54, 1.807) is 54.6 Å². The van der Waals surface area contributed by atoms with E-state index in [0.717, 1.165) is 0 Å². The Bertz CT molecular complexity index is 975. The van der Waals surface area contributed by atoms with Gasteiger partial charge in [0.2, 0.25) is 17.6 Å². The number of ketones is 1. The third-order valence-electron chi connectivity index (χ3n) is 4.65. The molecule has 2 aliphatic heterocycles. The fraction of sp³-hybridized carbons (Fsp3) is 0.105. The summed E-state index contributed by atoms with van der Waals surface area (Å²) in [6.45, 7) is 0. The summed E-state index contributed by atoms with van der Waals surface area (Å²) < 4.78 is 5.57. The van der Waals surface area contributed by atoms with E-state index in [0.29, 0.717) is 16.8 Å². The Morgan fingerprint density at radius 1 is 1.16 bits per heavy atom. The number of rotatable bonds is 2. The van der Waals surface area contributed by atoms with Gasteiger partial charge < -0.3 is 15.8 Å². The van der Waals surface area contributed by atoms with Crippen molar-refractivity contribution in [1.82, 2.24) is 0 Å². The lowest BCUT2D eigenvalue weighted by Crippen LogP contribution is -2.48. The molecule has 2 aromatic rings. The van der Waals surface area contributed by atoms with Gasteiger partial charge in [-0.15, -0.1) is 0 Å². The van der Waals surface area contributed by atoms with Gasteiger partial charge in [0.15, 0.2) is 11.5 Å². The number of nitriles is 1. The first-order valence-corrected chi connectivity index (χ1v) is 7.68. The molecule has 6 nitrogen and oxygen atoms in total. The Morgan fingerprint density at radius 2 is 1.84 bits per heavy atom. The molecule has 2 aromatic carbocycles. The van der Waals surface area contributed by atoms with Gasteiger partial charge in [0.25, 0.3) is 0 Å². The molecule has 0 bridgehead atoms. The largest absolute Gasteiger partial charge is 0.465 e. The molecular weight excluding hydrogens is 318 g/mol. The Hall–Kier alpha value is -3.59. The SMILES string of the molecule is N#CC1=C(N)O[C@H](C(=O)c2ccccc2)[C@]12C(=O)Nc1ccccc12. The van der Waals surface area contributed by atoms with Crippen LogP contribution in [0.5, 0.6) is 0 Å². The third-order valence-corrected chi connectivity index (χ3v) is 4.65. The standard InChI is InChI=1S/C19H13N3O3/c20-10-13-17(21)25-16(15(23)11-6-2-1-3-7-11)19(13)12-8-4-5-9-14(12)22-18(19)24/h1-9,16H,21H2,(H,22,24)/t16-,19-/m1/s1. The maximum absolute atomic E-state index is 13.1. The van der Waals surface area contributed by atoms with Crippen LogP contribution in [0.2, 0.25) is 0 Å². The first kappa shape index (κ1) is 15.0. The number of amides is 1. The van der Waals surface area contributed by atoms with E-state index in [-0.39, 0.29) is 11.5 Å². The molecular formula is C19H13N3O3. The number of ether oxygens (including phenoxy) is 1. The topological polar surface area (TPSA) is 105 Å². The molecule has 0 aliphatic carbocycles. The molecule has 25 heavy (non-hydrogen) atoms. The van der Waals surface area contributed by atoms with Crippen LogP contribution >= 0.6 is 0 Å². The zero-order chi connectivity index (χ0) is 17.6. The zero-order valence-corrected chi connectivity index (χ0v) is 13.0. The number of nitrogens with one attached hydrogen (secondary N) is 1. The van der Waals surface area contributed by atoms with Gasteiger partial charge in [-0.1, -0.05) is 48.5 Å². The molecule has 0 fully saturated rings. The van der Waals surface area contributed by atoms with Crippen LogP contribution in [0.3, 0.4) is 0 Å². The number of Topliss-reactive ketones (excluding diaryl/α,β-unsaturated/α-hetero) is 1. The maximum Gasteiger partial charge on any atom is 0.244 e. The molecule has 4 rings (SSSR count). The molecule has 6 heteroatoms. The van der Waals surface area contributed by atoms with Crippen LogP contribution < -0.4 is 11.1 Å². The second-order valence-electron chi connectivity index (χ2n) is 5.89.